The van der Waals surface area contributed by atoms with E-state index in [9.17, 15) is 13.6 Å². The minimum atomic E-state index is -1.42. The van der Waals surface area contributed by atoms with Gasteiger partial charge in [0, 0.05) is 31.3 Å². The van der Waals surface area contributed by atoms with Gasteiger partial charge in [0.15, 0.2) is 5.82 Å². The lowest BCUT2D eigenvalue weighted by Gasteiger charge is -2.36. The number of nitrogens with zero attached hydrogens (tertiary/aromatic N) is 3. The van der Waals surface area contributed by atoms with Crippen LogP contribution in [0.25, 0.3) is 0 Å². The fourth-order valence-corrected chi connectivity index (χ4v) is 2.26. The van der Waals surface area contributed by atoms with Crippen molar-refractivity contribution in [2.75, 3.05) is 24.5 Å². The van der Waals surface area contributed by atoms with Crippen LogP contribution in [0.3, 0.4) is 0 Å². The molecule has 5 nitrogen and oxygen atoms in total. The van der Waals surface area contributed by atoms with Crippen molar-refractivity contribution in [3.05, 3.63) is 18.2 Å². The number of aromatic nitrogens is 2. The van der Waals surface area contributed by atoms with Crippen molar-refractivity contribution in [1.82, 2.24) is 15.3 Å². The van der Waals surface area contributed by atoms with Gasteiger partial charge in [0.1, 0.15) is 5.67 Å². The third-order valence-corrected chi connectivity index (χ3v) is 3.80. The van der Waals surface area contributed by atoms with Gasteiger partial charge in [0.2, 0.25) is 11.9 Å². The summed E-state index contributed by atoms with van der Waals surface area (Å²) in [6.45, 7) is 6.27. The van der Waals surface area contributed by atoms with Crippen molar-refractivity contribution in [2.24, 2.45) is 5.41 Å². The van der Waals surface area contributed by atoms with Gasteiger partial charge in [-0.2, -0.15) is 0 Å². The highest BCUT2D eigenvalue weighted by molar-refractivity contribution is 5.81. The lowest BCUT2D eigenvalue weighted by atomic mass is 9.91. The first kappa shape index (κ1) is 16.6. The topological polar surface area (TPSA) is 58.1 Å². The van der Waals surface area contributed by atoms with Crippen LogP contribution in [0.4, 0.5) is 14.7 Å². The quantitative estimate of drug-likeness (QED) is 0.928. The van der Waals surface area contributed by atoms with Gasteiger partial charge >= 0.3 is 0 Å². The van der Waals surface area contributed by atoms with Crippen LogP contribution in [0.5, 0.6) is 0 Å². The number of hydrogen-bond donors (Lipinski definition) is 1. The summed E-state index contributed by atoms with van der Waals surface area (Å²) in [5, 5.41) is 2.68. The Hall–Kier alpha value is -1.79. The molecule has 7 heteroatoms. The highest BCUT2D eigenvalue weighted by atomic mass is 19.1. The molecule has 1 aromatic rings. The Balaban J connectivity index is 1.88. The van der Waals surface area contributed by atoms with E-state index in [-0.39, 0.29) is 25.3 Å². The third kappa shape index (κ3) is 4.11. The van der Waals surface area contributed by atoms with Crippen LogP contribution >= 0.6 is 0 Å². The van der Waals surface area contributed by atoms with Crippen LogP contribution in [-0.2, 0) is 4.79 Å². The Morgan fingerprint density at radius 2 is 1.86 bits per heavy atom. The first-order valence-corrected chi connectivity index (χ1v) is 7.39. The molecule has 1 fully saturated rings. The van der Waals surface area contributed by atoms with Gasteiger partial charge in [-0.3, -0.25) is 4.79 Å². The largest absolute Gasteiger partial charge is 0.352 e. The number of carbonyl (C=O) groups excluding carboxylic acids is 1. The van der Waals surface area contributed by atoms with E-state index in [0.29, 0.717) is 19.0 Å². The Morgan fingerprint density at radius 3 is 2.36 bits per heavy atom. The van der Waals surface area contributed by atoms with E-state index in [0.717, 1.165) is 12.4 Å². The van der Waals surface area contributed by atoms with Crippen molar-refractivity contribution in [2.45, 2.75) is 39.3 Å². The molecule has 22 heavy (non-hydrogen) atoms. The highest BCUT2D eigenvalue weighted by Crippen LogP contribution is 2.28. The molecule has 0 bridgehead atoms. The van der Waals surface area contributed by atoms with E-state index in [1.54, 1.807) is 20.8 Å². The Kier molecular flexibility index (Phi) is 4.63. The number of halogens is 2. The molecule has 0 radical (unpaired) electrons. The minimum absolute atomic E-state index is 0.0151. The van der Waals surface area contributed by atoms with Crippen LogP contribution in [0.2, 0.25) is 0 Å². The van der Waals surface area contributed by atoms with E-state index < -0.39 is 16.9 Å². The van der Waals surface area contributed by atoms with Gasteiger partial charge in [-0.05, 0) is 0 Å². The zero-order valence-corrected chi connectivity index (χ0v) is 13.2. The van der Waals surface area contributed by atoms with Gasteiger partial charge in [0.05, 0.1) is 18.9 Å². The predicted molar refractivity (Wildman–Crippen MR) is 79.7 cm³/mol. The summed E-state index contributed by atoms with van der Waals surface area (Å²) in [6.07, 6.45) is 2.75. The number of anilines is 1. The monoisotopic (exact) mass is 312 g/mol. The molecule has 0 unspecified atom stereocenters. The first-order chi connectivity index (χ1) is 10.2. The molecular formula is C15H22F2N4O. The fraction of sp³-hybridized carbons (Fsp3) is 0.667. The molecule has 0 spiro atoms. The van der Waals surface area contributed by atoms with Gasteiger partial charge in [0.25, 0.3) is 0 Å². The molecule has 122 valence electrons. The molecule has 0 aromatic carbocycles. The highest BCUT2D eigenvalue weighted by Gasteiger charge is 2.36. The average Bonchev–Trinajstić information content (AvgIpc) is 2.46. The predicted octanol–water partition coefficient (Wildman–Crippen LogP) is 2.09. The lowest BCUT2D eigenvalue weighted by Crippen LogP contribution is -2.50. The van der Waals surface area contributed by atoms with Crippen LogP contribution in [0.1, 0.15) is 33.6 Å². The van der Waals surface area contributed by atoms with Crippen LogP contribution in [-0.4, -0.2) is 41.2 Å². The molecule has 1 amide bonds. The zero-order chi connectivity index (χ0) is 16.4. The van der Waals surface area contributed by atoms with Crippen LogP contribution in [0, 0.1) is 11.2 Å². The second-order valence-electron chi connectivity index (χ2n) is 6.77. The summed E-state index contributed by atoms with van der Waals surface area (Å²) in [7, 11) is 0. The van der Waals surface area contributed by atoms with E-state index in [4.69, 9.17) is 0 Å². The number of piperidine rings is 1. The Morgan fingerprint density at radius 1 is 1.32 bits per heavy atom. The van der Waals surface area contributed by atoms with E-state index in [2.05, 4.69) is 15.3 Å². The first-order valence-electron chi connectivity index (χ1n) is 7.39. The number of rotatable bonds is 3. The molecule has 2 rings (SSSR count). The lowest BCUT2D eigenvalue weighted by molar-refractivity contribution is -0.129. The number of nitrogens with one attached hydrogen (secondary N) is 1. The molecule has 1 aliphatic rings. The molecule has 1 N–H and O–H groups in total. The van der Waals surface area contributed by atoms with Crippen molar-refractivity contribution in [3.8, 4) is 0 Å². The van der Waals surface area contributed by atoms with Crippen molar-refractivity contribution in [1.29, 1.82) is 0 Å². The van der Waals surface area contributed by atoms with Gasteiger partial charge in [-0.15, -0.1) is 0 Å². The van der Waals surface area contributed by atoms with Gasteiger partial charge in [-0.1, -0.05) is 20.8 Å². The molecule has 1 aromatic heterocycles. The number of hydrogen-bond acceptors (Lipinski definition) is 4. The van der Waals surface area contributed by atoms with Crippen LogP contribution in [0.15, 0.2) is 12.4 Å². The Labute approximate surface area is 129 Å². The molecule has 0 atom stereocenters. The summed E-state index contributed by atoms with van der Waals surface area (Å²) < 4.78 is 27.5. The summed E-state index contributed by atoms with van der Waals surface area (Å²) in [6, 6.07) is 0. The summed E-state index contributed by atoms with van der Waals surface area (Å²) in [5.41, 5.74) is -1.95. The van der Waals surface area contributed by atoms with E-state index >= 15 is 0 Å². The molecular weight excluding hydrogens is 290 g/mol. The van der Waals surface area contributed by atoms with Crippen molar-refractivity contribution < 1.29 is 13.6 Å². The minimum Gasteiger partial charge on any atom is -0.352 e. The van der Waals surface area contributed by atoms with Crippen LogP contribution < -0.4 is 10.2 Å². The average molecular weight is 312 g/mol. The molecule has 0 aliphatic carbocycles. The summed E-state index contributed by atoms with van der Waals surface area (Å²) >= 11 is 0. The smallest absolute Gasteiger partial charge is 0.225 e. The molecule has 2 heterocycles. The second kappa shape index (κ2) is 6.14. The molecule has 0 saturated carbocycles. The van der Waals surface area contributed by atoms with Crippen molar-refractivity contribution >= 4 is 11.9 Å². The SMILES string of the molecule is CC(C)(C)C(=O)NCC1(F)CCN(c2ncc(F)cn2)CC1. The molecule has 1 aliphatic heterocycles. The maximum atomic E-state index is 14.7. The number of carbonyl (C=O) groups is 1. The Bertz CT molecular complexity index is 519. The number of amides is 1. The maximum Gasteiger partial charge on any atom is 0.225 e. The third-order valence-electron chi connectivity index (χ3n) is 3.80. The fourth-order valence-electron chi connectivity index (χ4n) is 2.26. The summed E-state index contributed by atoms with van der Waals surface area (Å²) in [5.74, 6) is -0.249. The summed E-state index contributed by atoms with van der Waals surface area (Å²) in [4.78, 5) is 21.5. The van der Waals surface area contributed by atoms with Crippen molar-refractivity contribution in [3.63, 3.8) is 0 Å². The maximum absolute atomic E-state index is 14.7. The van der Waals surface area contributed by atoms with Gasteiger partial charge in [-0.25, -0.2) is 18.7 Å². The van der Waals surface area contributed by atoms with Gasteiger partial charge < -0.3 is 10.2 Å². The van der Waals surface area contributed by atoms with E-state index in [1.807, 2.05) is 4.90 Å². The zero-order valence-electron chi connectivity index (χ0n) is 13.2. The number of alkyl halides is 1. The second-order valence-corrected chi connectivity index (χ2v) is 6.77. The normalized spacial score (nSPS) is 18.1. The molecule has 1 saturated heterocycles. The van der Waals surface area contributed by atoms with E-state index in [1.165, 1.54) is 0 Å². The standard InChI is InChI=1S/C15H22F2N4O/c1-14(2,3)12(22)20-10-15(17)4-6-21(7-5-15)13-18-8-11(16)9-19-13/h8-9H,4-7,10H2,1-3H3,(H,20,22).